The molecule has 21 heavy (non-hydrogen) atoms. The molecule has 1 aliphatic carbocycles. The summed E-state index contributed by atoms with van der Waals surface area (Å²) in [5.74, 6) is -0.231. The molecule has 2 N–H and O–H groups in total. The van der Waals surface area contributed by atoms with Gasteiger partial charge in [0.05, 0.1) is 6.61 Å². The molecular formula is C16H23F2NOS. The summed E-state index contributed by atoms with van der Waals surface area (Å²) in [6, 6.07) is 4.27. The third-order valence-electron chi connectivity index (χ3n) is 3.75. The fourth-order valence-electron chi connectivity index (χ4n) is 2.31. The highest BCUT2D eigenvalue weighted by Gasteiger charge is 2.31. The summed E-state index contributed by atoms with van der Waals surface area (Å²) in [5, 5.41) is 13.0. The highest BCUT2D eigenvalue weighted by molar-refractivity contribution is 7.99. The van der Waals surface area contributed by atoms with E-state index in [1.165, 1.54) is 36.7 Å². The van der Waals surface area contributed by atoms with Gasteiger partial charge in [0, 0.05) is 22.5 Å². The fourth-order valence-corrected chi connectivity index (χ4v) is 3.24. The van der Waals surface area contributed by atoms with Gasteiger partial charge in [-0.3, -0.25) is 0 Å². The van der Waals surface area contributed by atoms with Gasteiger partial charge in [0.1, 0.15) is 11.6 Å². The van der Waals surface area contributed by atoms with E-state index >= 15 is 0 Å². The lowest BCUT2D eigenvalue weighted by Crippen LogP contribution is -2.46. The van der Waals surface area contributed by atoms with E-state index in [0.29, 0.717) is 10.9 Å². The van der Waals surface area contributed by atoms with Crippen LogP contribution in [0.5, 0.6) is 0 Å². The van der Waals surface area contributed by atoms with Crippen LogP contribution in [-0.4, -0.2) is 29.0 Å². The molecule has 2 rings (SSSR count). The molecular weight excluding hydrogens is 292 g/mol. The average Bonchev–Trinajstić information content (AvgIpc) is 3.24. The number of aliphatic hydroxyl groups excluding tert-OH is 1. The second kappa shape index (κ2) is 7.56. The van der Waals surface area contributed by atoms with Gasteiger partial charge in [0.25, 0.3) is 0 Å². The van der Waals surface area contributed by atoms with Crippen molar-refractivity contribution in [2.24, 2.45) is 0 Å². The van der Waals surface area contributed by atoms with Crippen LogP contribution in [0.25, 0.3) is 0 Å². The number of nitrogens with one attached hydrogen (secondary N) is 1. The molecule has 1 unspecified atom stereocenters. The molecule has 0 saturated heterocycles. The maximum Gasteiger partial charge on any atom is 0.139 e. The van der Waals surface area contributed by atoms with E-state index in [9.17, 15) is 13.9 Å². The van der Waals surface area contributed by atoms with Crippen LogP contribution in [0, 0.1) is 11.6 Å². The lowest BCUT2D eigenvalue weighted by atomic mass is 9.96. The third kappa shape index (κ3) is 5.57. The molecule has 1 aromatic carbocycles. The number of hydrogen-bond acceptors (Lipinski definition) is 3. The first-order valence-electron chi connectivity index (χ1n) is 7.49. The van der Waals surface area contributed by atoms with Crippen LogP contribution in [0.3, 0.4) is 0 Å². The molecule has 0 aliphatic heterocycles. The van der Waals surface area contributed by atoms with E-state index in [0.717, 1.165) is 31.1 Å². The van der Waals surface area contributed by atoms with E-state index in [-0.39, 0.29) is 12.1 Å². The molecule has 1 fully saturated rings. The number of rotatable bonds is 9. The van der Waals surface area contributed by atoms with Crippen molar-refractivity contribution < 1.29 is 13.9 Å². The molecule has 0 radical (unpaired) electrons. The molecule has 1 atom stereocenters. The number of unbranched alkanes of at least 4 members (excludes halogenated alkanes) is 1. The van der Waals surface area contributed by atoms with Crippen molar-refractivity contribution in [3.63, 3.8) is 0 Å². The molecule has 1 aliphatic rings. The summed E-state index contributed by atoms with van der Waals surface area (Å²) >= 11 is 1.42. The summed E-state index contributed by atoms with van der Waals surface area (Å²) < 4.78 is 26.2. The van der Waals surface area contributed by atoms with Gasteiger partial charge in [-0.2, -0.15) is 0 Å². The lowest BCUT2D eigenvalue weighted by molar-refractivity contribution is 0.161. The van der Waals surface area contributed by atoms with Gasteiger partial charge in [-0.05, 0) is 50.5 Å². The first-order valence-corrected chi connectivity index (χ1v) is 8.47. The quantitative estimate of drug-likeness (QED) is 0.538. The van der Waals surface area contributed by atoms with Crippen LogP contribution in [0.2, 0.25) is 0 Å². The molecule has 0 heterocycles. The van der Waals surface area contributed by atoms with Crippen LogP contribution < -0.4 is 5.32 Å². The number of thioether (sulfide) groups is 1. The first kappa shape index (κ1) is 16.7. The Morgan fingerprint density at radius 3 is 2.71 bits per heavy atom. The summed E-state index contributed by atoms with van der Waals surface area (Å²) in [6.07, 6.45) is 5.24. The largest absolute Gasteiger partial charge is 0.394 e. The number of aliphatic hydroxyl groups is 1. The smallest absolute Gasteiger partial charge is 0.139 e. The Kier molecular flexibility index (Phi) is 6.02. The topological polar surface area (TPSA) is 32.3 Å². The maximum atomic E-state index is 13.4. The van der Waals surface area contributed by atoms with Gasteiger partial charge in [0.15, 0.2) is 0 Å². The Labute approximate surface area is 129 Å². The molecule has 118 valence electrons. The Balaban J connectivity index is 1.66. The third-order valence-corrected chi connectivity index (χ3v) is 4.89. The summed E-state index contributed by atoms with van der Waals surface area (Å²) in [6.45, 7) is 2.20. The van der Waals surface area contributed by atoms with E-state index in [4.69, 9.17) is 0 Å². The number of halogens is 2. The van der Waals surface area contributed by atoms with Crippen LogP contribution in [0.15, 0.2) is 23.1 Å². The van der Waals surface area contributed by atoms with Gasteiger partial charge in [-0.1, -0.05) is 6.42 Å². The van der Waals surface area contributed by atoms with Crippen molar-refractivity contribution in [3.8, 4) is 0 Å². The van der Waals surface area contributed by atoms with Crippen molar-refractivity contribution in [3.05, 3.63) is 29.8 Å². The van der Waals surface area contributed by atoms with Crippen molar-refractivity contribution in [1.29, 1.82) is 0 Å². The van der Waals surface area contributed by atoms with Crippen molar-refractivity contribution in [2.75, 3.05) is 12.4 Å². The van der Waals surface area contributed by atoms with Gasteiger partial charge in [-0.15, -0.1) is 11.8 Å². The second-order valence-electron chi connectivity index (χ2n) is 6.02. The van der Waals surface area contributed by atoms with Crippen LogP contribution in [0.1, 0.15) is 39.0 Å². The second-order valence-corrected chi connectivity index (χ2v) is 7.15. The Bertz CT molecular complexity index is 468. The summed E-state index contributed by atoms with van der Waals surface area (Å²) in [7, 11) is 0. The van der Waals surface area contributed by atoms with Crippen LogP contribution >= 0.6 is 11.8 Å². The van der Waals surface area contributed by atoms with Gasteiger partial charge in [0.2, 0.25) is 0 Å². The molecule has 1 saturated carbocycles. The molecule has 2 nitrogen and oxygen atoms in total. The van der Waals surface area contributed by atoms with Gasteiger partial charge in [-0.25, -0.2) is 8.78 Å². The molecule has 1 aromatic rings. The highest BCUT2D eigenvalue weighted by Crippen LogP contribution is 2.26. The van der Waals surface area contributed by atoms with E-state index in [1.807, 2.05) is 0 Å². The van der Waals surface area contributed by atoms with Crippen molar-refractivity contribution >= 4 is 11.8 Å². The first-order chi connectivity index (χ1) is 10.0. The molecule has 5 heteroatoms. The van der Waals surface area contributed by atoms with E-state index < -0.39 is 11.6 Å². The molecule has 0 spiro atoms. The standard InChI is InChI=1S/C16H23F2NOS/c1-16(11-20,19-13-5-6-13)8-2-3-9-21-15-7-4-12(17)10-14(15)18/h4,7,10,13,19-20H,2-3,5-6,8-9,11H2,1H3. The summed E-state index contributed by atoms with van der Waals surface area (Å²) in [5.41, 5.74) is -0.201. The zero-order chi connectivity index (χ0) is 15.3. The maximum absolute atomic E-state index is 13.4. The predicted octanol–water partition coefficient (Wildman–Crippen LogP) is 3.73. The monoisotopic (exact) mass is 315 g/mol. The fraction of sp³-hybridized carbons (Fsp3) is 0.625. The number of benzene rings is 1. The Morgan fingerprint density at radius 2 is 2.10 bits per heavy atom. The van der Waals surface area contributed by atoms with Gasteiger partial charge >= 0.3 is 0 Å². The Hall–Kier alpha value is -0.650. The van der Waals surface area contributed by atoms with Gasteiger partial charge < -0.3 is 10.4 Å². The van der Waals surface area contributed by atoms with Crippen LogP contribution in [-0.2, 0) is 0 Å². The normalized spacial score (nSPS) is 17.7. The van der Waals surface area contributed by atoms with Crippen molar-refractivity contribution in [1.82, 2.24) is 5.32 Å². The zero-order valence-corrected chi connectivity index (χ0v) is 13.2. The van der Waals surface area contributed by atoms with E-state index in [1.54, 1.807) is 0 Å². The molecule has 0 amide bonds. The van der Waals surface area contributed by atoms with E-state index in [2.05, 4.69) is 12.2 Å². The lowest BCUT2D eigenvalue weighted by Gasteiger charge is -2.29. The summed E-state index contributed by atoms with van der Waals surface area (Å²) in [4.78, 5) is 0.498. The van der Waals surface area contributed by atoms with Crippen molar-refractivity contribution in [2.45, 2.75) is 55.5 Å². The molecule has 0 bridgehead atoms. The minimum absolute atomic E-state index is 0.142. The molecule has 0 aromatic heterocycles. The number of hydrogen-bond donors (Lipinski definition) is 2. The predicted molar refractivity (Wildman–Crippen MR) is 82.6 cm³/mol. The van der Waals surface area contributed by atoms with Crippen LogP contribution in [0.4, 0.5) is 8.78 Å². The Morgan fingerprint density at radius 1 is 1.33 bits per heavy atom. The highest BCUT2D eigenvalue weighted by atomic mass is 32.2. The zero-order valence-electron chi connectivity index (χ0n) is 12.4. The SMILES string of the molecule is CC(CO)(CCCCSc1ccc(F)cc1F)NC1CC1. The minimum Gasteiger partial charge on any atom is -0.394 e. The average molecular weight is 315 g/mol. The minimum atomic E-state index is -0.540.